The average molecular weight is 406 g/mol. The van der Waals surface area contributed by atoms with Crippen LogP contribution in [-0.2, 0) is 9.59 Å². The van der Waals surface area contributed by atoms with Gasteiger partial charge < -0.3 is 10.0 Å². The summed E-state index contributed by atoms with van der Waals surface area (Å²) in [5.41, 5.74) is 0.593. The Morgan fingerprint density at radius 2 is 2.25 bits per heavy atom. The molecule has 0 aromatic carbocycles. The molecule has 0 aliphatic carbocycles. The highest BCUT2D eigenvalue weighted by molar-refractivity contribution is 9.11. The molecule has 1 N–H and O–H groups in total. The molecular weight excluding hydrogens is 392 g/mol. The Hall–Kier alpha value is -0.950. The first-order chi connectivity index (χ1) is 9.45. The van der Waals surface area contributed by atoms with Crippen LogP contribution in [0, 0.1) is 5.92 Å². The van der Waals surface area contributed by atoms with E-state index in [1.165, 1.54) is 0 Å². The predicted octanol–water partition coefficient (Wildman–Crippen LogP) is 2.99. The first kappa shape index (κ1) is 15.4. The third-order valence-corrected chi connectivity index (χ3v) is 4.55. The molecule has 0 bridgehead atoms. The lowest BCUT2D eigenvalue weighted by atomic mass is 9.86. The number of nitrogens with zero attached hydrogens (tertiary/aromatic N) is 2. The maximum Gasteiger partial charge on any atom is 0.309 e. The number of carbonyl (C=O) groups is 2. The number of pyridine rings is 1. The molecule has 2 atom stereocenters. The minimum atomic E-state index is -0.891. The van der Waals surface area contributed by atoms with Gasteiger partial charge in [0.2, 0.25) is 5.91 Å². The Morgan fingerprint density at radius 1 is 1.55 bits per heavy atom. The summed E-state index contributed by atoms with van der Waals surface area (Å²) in [6, 6.07) is 1.29. The van der Waals surface area contributed by atoms with E-state index >= 15 is 0 Å². The van der Waals surface area contributed by atoms with E-state index in [4.69, 9.17) is 0 Å². The van der Waals surface area contributed by atoms with Crippen molar-refractivity contribution in [2.24, 2.45) is 5.92 Å². The Bertz CT molecular complexity index is 548. The van der Waals surface area contributed by atoms with Crippen molar-refractivity contribution in [2.45, 2.75) is 25.8 Å². The van der Waals surface area contributed by atoms with Crippen LogP contribution in [0.5, 0.6) is 0 Å². The lowest BCUT2D eigenvalue weighted by molar-refractivity contribution is -0.152. The molecule has 108 valence electrons. The smallest absolute Gasteiger partial charge is 0.309 e. The van der Waals surface area contributed by atoms with E-state index < -0.39 is 17.9 Å². The van der Waals surface area contributed by atoms with Crippen molar-refractivity contribution in [3.8, 4) is 0 Å². The molecule has 0 saturated carbocycles. The molecule has 1 aliphatic rings. The standard InChI is InChI=1S/C13H14Br2N2O3/c1-2-17-10(18)4-3-8(13(19)20)12(17)11-9(15)5-7(14)6-16-11/h5-6,8,12H,2-4H2,1H3,(H,19,20). The number of hydrogen-bond acceptors (Lipinski definition) is 3. The second kappa shape index (κ2) is 6.22. The fourth-order valence-electron chi connectivity index (χ4n) is 2.57. The molecule has 2 rings (SSSR count). The number of amides is 1. The third kappa shape index (κ3) is 2.88. The van der Waals surface area contributed by atoms with Gasteiger partial charge in [0.1, 0.15) is 0 Å². The van der Waals surface area contributed by atoms with Gasteiger partial charge in [0.05, 0.1) is 17.7 Å². The van der Waals surface area contributed by atoms with Crippen LogP contribution < -0.4 is 0 Å². The minimum absolute atomic E-state index is 0.0216. The zero-order chi connectivity index (χ0) is 14.9. The van der Waals surface area contributed by atoms with Crippen LogP contribution in [0.25, 0.3) is 0 Å². The van der Waals surface area contributed by atoms with Gasteiger partial charge in [0.15, 0.2) is 0 Å². The van der Waals surface area contributed by atoms with Crippen LogP contribution in [0.4, 0.5) is 0 Å². The molecule has 1 saturated heterocycles. The van der Waals surface area contributed by atoms with Gasteiger partial charge in [-0.3, -0.25) is 14.6 Å². The summed E-state index contributed by atoms with van der Waals surface area (Å²) < 4.78 is 1.50. The highest BCUT2D eigenvalue weighted by Gasteiger charge is 2.41. The lowest BCUT2D eigenvalue weighted by Crippen LogP contribution is -2.45. The molecule has 2 heterocycles. The number of halogens is 2. The van der Waals surface area contributed by atoms with Crippen molar-refractivity contribution >= 4 is 43.7 Å². The molecule has 1 aromatic rings. The predicted molar refractivity (Wildman–Crippen MR) is 80.1 cm³/mol. The van der Waals surface area contributed by atoms with Crippen LogP contribution >= 0.6 is 31.9 Å². The number of carboxylic acid groups (broad SMARTS) is 1. The number of piperidine rings is 1. The van der Waals surface area contributed by atoms with E-state index in [9.17, 15) is 14.7 Å². The number of likely N-dealkylation sites (tertiary alicyclic amines) is 1. The molecular formula is C13H14Br2N2O3. The molecule has 1 aliphatic heterocycles. The maximum absolute atomic E-state index is 12.0. The Morgan fingerprint density at radius 3 is 2.80 bits per heavy atom. The summed E-state index contributed by atoms with van der Waals surface area (Å²) in [4.78, 5) is 29.4. The van der Waals surface area contributed by atoms with Gasteiger partial charge in [-0.15, -0.1) is 0 Å². The quantitative estimate of drug-likeness (QED) is 0.838. The van der Waals surface area contributed by atoms with Crippen LogP contribution in [0.2, 0.25) is 0 Å². The van der Waals surface area contributed by atoms with E-state index in [1.54, 1.807) is 11.1 Å². The number of aliphatic carboxylic acids is 1. The molecule has 20 heavy (non-hydrogen) atoms. The third-order valence-electron chi connectivity index (χ3n) is 3.48. The highest BCUT2D eigenvalue weighted by atomic mass is 79.9. The SMILES string of the molecule is CCN1C(=O)CCC(C(=O)O)C1c1ncc(Br)cc1Br. The second-order valence-electron chi connectivity index (χ2n) is 4.63. The lowest BCUT2D eigenvalue weighted by Gasteiger charge is -2.38. The molecule has 0 radical (unpaired) electrons. The Kier molecular flexibility index (Phi) is 4.80. The number of carboxylic acids is 1. The van der Waals surface area contributed by atoms with Crippen LogP contribution in [0.15, 0.2) is 21.2 Å². The summed E-state index contributed by atoms with van der Waals surface area (Å²) in [5.74, 6) is -1.54. The molecule has 0 spiro atoms. The number of hydrogen-bond donors (Lipinski definition) is 1. The van der Waals surface area contributed by atoms with Crippen molar-refractivity contribution in [1.82, 2.24) is 9.88 Å². The molecule has 2 unspecified atom stereocenters. The monoisotopic (exact) mass is 404 g/mol. The van der Waals surface area contributed by atoms with Gasteiger partial charge in [-0.25, -0.2) is 0 Å². The van der Waals surface area contributed by atoms with Gasteiger partial charge in [0.25, 0.3) is 0 Å². The normalized spacial score (nSPS) is 22.9. The van der Waals surface area contributed by atoms with E-state index in [-0.39, 0.29) is 12.3 Å². The summed E-state index contributed by atoms with van der Waals surface area (Å²) >= 11 is 6.73. The number of rotatable bonds is 3. The molecule has 1 aromatic heterocycles. The second-order valence-corrected chi connectivity index (χ2v) is 6.40. The first-order valence-corrected chi connectivity index (χ1v) is 7.87. The van der Waals surface area contributed by atoms with Crippen molar-refractivity contribution in [3.05, 3.63) is 26.9 Å². The van der Waals surface area contributed by atoms with Gasteiger partial charge in [0, 0.05) is 28.1 Å². The molecule has 1 fully saturated rings. The van der Waals surface area contributed by atoms with Crippen molar-refractivity contribution < 1.29 is 14.7 Å². The largest absolute Gasteiger partial charge is 0.481 e. The summed E-state index contributed by atoms with van der Waals surface area (Å²) in [6.45, 7) is 2.32. The summed E-state index contributed by atoms with van der Waals surface area (Å²) in [7, 11) is 0. The fourth-order valence-corrected chi connectivity index (χ4v) is 3.79. The Balaban J connectivity index is 2.49. The van der Waals surface area contributed by atoms with Crippen LogP contribution in [0.3, 0.4) is 0 Å². The van der Waals surface area contributed by atoms with Crippen molar-refractivity contribution in [3.63, 3.8) is 0 Å². The number of aromatic nitrogens is 1. The maximum atomic E-state index is 12.0. The van der Waals surface area contributed by atoms with Gasteiger partial charge in [-0.05, 0) is 51.3 Å². The highest BCUT2D eigenvalue weighted by Crippen LogP contribution is 2.39. The minimum Gasteiger partial charge on any atom is -0.481 e. The van der Waals surface area contributed by atoms with Gasteiger partial charge in [-0.2, -0.15) is 0 Å². The van der Waals surface area contributed by atoms with Gasteiger partial charge >= 0.3 is 5.97 Å². The van der Waals surface area contributed by atoms with Crippen LogP contribution in [-0.4, -0.2) is 33.4 Å². The molecule has 5 nitrogen and oxygen atoms in total. The summed E-state index contributed by atoms with van der Waals surface area (Å²) in [5, 5.41) is 9.42. The number of carbonyl (C=O) groups excluding carboxylic acids is 1. The Labute approximate surface area is 133 Å². The van der Waals surface area contributed by atoms with Gasteiger partial charge in [-0.1, -0.05) is 0 Å². The van der Waals surface area contributed by atoms with Crippen molar-refractivity contribution in [1.29, 1.82) is 0 Å². The fraction of sp³-hybridized carbons (Fsp3) is 0.462. The van der Waals surface area contributed by atoms with E-state index in [0.29, 0.717) is 23.1 Å². The van der Waals surface area contributed by atoms with Crippen LogP contribution in [0.1, 0.15) is 31.5 Å². The van der Waals surface area contributed by atoms with E-state index in [1.807, 2.05) is 13.0 Å². The molecule has 1 amide bonds. The zero-order valence-electron chi connectivity index (χ0n) is 10.8. The first-order valence-electron chi connectivity index (χ1n) is 6.29. The zero-order valence-corrected chi connectivity index (χ0v) is 14.0. The van der Waals surface area contributed by atoms with E-state index in [0.717, 1.165) is 4.47 Å². The summed E-state index contributed by atoms with van der Waals surface area (Å²) in [6.07, 6.45) is 2.24. The average Bonchev–Trinajstić information content (AvgIpc) is 2.38. The topological polar surface area (TPSA) is 70.5 Å². The van der Waals surface area contributed by atoms with E-state index in [2.05, 4.69) is 36.8 Å². The molecule has 7 heteroatoms. The van der Waals surface area contributed by atoms with Crippen molar-refractivity contribution in [2.75, 3.05) is 6.54 Å².